The number of amides is 2. The molecule has 1 N–H and O–H groups in total. The molecule has 0 aliphatic rings. The van der Waals surface area contributed by atoms with Crippen LogP contribution in [-0.2, 0) is 26.2 Å². The topological polar surface area (TPSA) is 86.8 Å². The largest absolute Gasteiger partial charge is 0.352 e. The first kappa shape index (κ1) is 31.2. The molecular weight excluding hydrogens is 557 g/mol. The number of anilines is 1. The molecule has 0 saturated carbocycles. The molecule has 2 aromatic carbocycles. The highest BCUT2D eigenvalue weighted by Crippen LogP contribution is 2.31. The summed E-state index contributed by atoms with van der Waals surface area (Å²) in [5.41, 5.74) is 1.08. The average molecular weight is 591 g/mol. The van der Waals surface area contributed by atoms with Crippen LogP contribution in [0.4, 0.5) is 5.69 Å². The van der Waals surface area contributed by atoms with Crippen LogP contribution in [0.5, 0.6) is 0 Å². The van der Waals surface area contributed by atoms with E-state index in [9.17, 15) is 18.0 Å². The molecule has 0 aliphatic carbocycles. The van der Waals surface area contributed by atoms with Crippen LogP contribution in [0, 0.1) is 0 Å². The number of benzene rings is 2. The quantitative estimate of drug-likeness (QED) is 0.314. The van der Waals surface area contributed by atoms with E-state index >= 15 is 0 Å². The fourth-order valence-electron chi connectivity index (χ4n) is 3.81. The highest BCUT2D eigenvalue weighted by molar-refractivity contribution is 7.92. The lowest BCUT2D eigenvalue weighted by molar-refractivity contribution is -0.141. The van der Waals surface area contributed by atoms with Crippen molar-refractivity contribution in [3.05, 3.63) is 63.1 Å². The Morgan fingerprint density at radius 3 is 2.16 bits per heavy atom. The molecule has 0 aromatic heterocycles. The van der Waals surface area contributed by atoms with Gasteiger partial charge in [0.25, 0.3) is 0 Å². The van der Waals surface area contributed by atoms with Crippen LogP contribution in [0.1, 0.15) is 52.0 Å². The van der Waals surface area contributed by atoms with Crippen molar-refractivity contribution in [2.45, 2.75) is 65.1 Å². The molecule has 37 heavy (non-hydrogen) atoms. The summed E-state index contributed by atoms with van der Waals surface area (Å²) in [6, 6.07) is 11.0. The molecule has 2 rings (SSSR count). The molecule has 204 valence electrons. The second-order valence-electron chi connectivity index (χ2n) is 8.92. The van der Waals surface area contributed by atoms with Crippen molar-refractivity contribution in [3.8, 4) is 0 Å². The molecule has 7 nitrogen and oxygen atoms in total. The third-order valence-corrected chi connectivity index (χ3v) is 7.97. The predicted molar refractivity (Wildman–Crippen MR) is 152 cm³/mol. The molecule has 0 fully saturated rings. The number of nitrogens with one attached hydrogen (secondary N) is 1. The van der Waals surface area contributed by atoms with Gasteiger partial charge in [0.1, 0.15) is 6.04 Å². The number of carbonyl (C=O) groups excluding carboxylic acids is 2. The number of rotatable bonds is 13. The van der Waals surface area contributed by atoms with Crippen molar-refractivity contribution < 1.29 is 18.0 Å². The van der Waals surface area contributed by atoms with E-state index < -0.39 is 16.1 Å². The highest BCUT2D eigenvalue weighted by atomic mass is 35.5. The second kappa shape index (κ2) is 14.2. The van der Waals surface area contributed by atoms with Gasteiger partial charge in [-0.25, -0.2) is 8.42 Å². The van der Waals surface area contributed by atoms with Gasteiger partial charge in [-0.15, -0.1) is 0 Å². The molecule has 2 atom stereocenters. The van der Waals surface area contributed by atoms with E-state index in [-0.39, 0.29) is 54.5 Å². The predicted octanol–water partition coefficient (Wildman–Crippen LogP) is 5.92. The summed E-state index contributed by atoms with van der Waals surface area (Å²) in [7, 11) is -3.69. The molecule has 0 radical (unpaired) electrons. The van der Waals surface area contributed by atoms with Crippen LogP contribution in [0.15, 0.2) is 42.5 Å². The monoisotopic (exact) mass is 589 g/mol. The van der Waals surface area contributed by atoms with Gasteiger partial charge >= 0.3 is 0 Å². The number of hydrogen-bond acceptors (Lipinski definition) is 4. The number of hydrogen-bond donors (Lipinski definition) is 1. The summed E-state index contributed by atoms with van der Waals surface area (Å²) in [4.78, 5) is 28.1. The van der Waals surface area contributed by atoms with E-state index in [4.69, 9.17) is 34.8 Å². The number of carbonyl (C=O) groups is 2. The van der Waals surface area contributed by atoms with Gasteiger partial charge in [0, 0.05) is 35.6 Å². The molecule has 0 bridgehead atoms. The van der Waals surface area contributed by atoms with Gasteiger partial charge in [0.05, 0.1) is 17.0 Å². The number of sulfonamides is 1. The lowest BCUT2D eigenvalue weighted by Crippen LogP contribution is -2.50. The fourth-order valence-corrected chi connectivity index (χ4v) is 5.34. The van der Waals surface area contributed by atoms with Crippen molar-refractivity contribution in [1.29, 1.82) is 0 Å². The van der Waals surface area contributed by atoms with Gasteiger partial charge in [-0.05, 0) is 62.1 Å². The van der Waals surface area contributed by atoms with Crippen LogP contribution in [0.2, 0.25) is 15.1 Å². The number of halogens is 3. The summed E-state index contributed by atoms with van der Waals surface area (Å²) in [6.07, 6.45) is 2.52. The van der Waals surface area contributed by atoms with Crippen molar-refractivity contribution in [1.82, 2.24) is 10.2 Å². The summed E-state index contributed by atoms with van der Waals surface area (Å²) < 4.78 is 26.2. The van der Waals surface area contributed by atoms with Crippen molar-refractivity contribution in [2.75, 3.05) is 17.1 Å². The van der Waals surface area contributed by atoms with Crippen molar-refractivity contribution in [2.24, 2.45) is 0 Å². The molecule has 0 spiro atoms. The third kappa shape index (κ3) is 9.36. The minimum Gasteiger partial charge on any atom is -0.352 e. The van der Waals surface area contributed by atoms with E-state index in [1.165, 1.54) is 12.1 Å². The first-order chi connectivity index (χ1) is 17.4. The Hall–Kier alpha value is -2.00. The Balaban J connectivity index is 2.25. The Morgan fingerprint density at radius 2 is 1.59 bits per heavy atom. The molecule has 2 amide bonds. The summed E-state index contributed by atoms with van der Waals surface area (Å²) in [6.45, 7) is 5.99. The smallest absolute Gasteiger partial charge is 0.243 e. The zero-order valence-electron chi connectivity index (χ0n) is 21.5. The van der Waals surface area contributed by atoms with Crippen LogP contribution >= 0.6 is 34.8 Å². The van der Waals surface area contributed by atoms with E-state index in [2.05, 4.69) is 5.32 Å². The summed E-state index contributed by atoms with van der Waals surface area (Å²) in [5, 5.41) is 4.12. The van der Waals surface area contributed by atoms with Crippen LogP contribution in [0.25, 0.3) is 0 Å². The first-order valence-corrected chi connectivity index (χ1v) is 15.1. The molecule has 0 unspecified atom stereocenters. The maximum Gasteiger partial charge on any atom is 0.243 e. The second-order valence-corrected chi connectivity index (χ2v) is 12.1. The Kier molecular flexibility index (Phi) is 12.0. The number of nitrogens with zero attached hydrogens (tertiary/aromatic N) is 2. The zero-order valence-corrected chi connectivity index (χ0v) is 24.6. The third-order valence-electron chi connectivity index (χ3n) is 5.98. The van der Waals surface area contributed by atoms with E-state index in [0.717, 1.165) is 22.5 Å². The van der Waals surface area contributed by atoms with Gasteiger partial charge in [0.2, 0.25) is 21.8 Å². The molecule has 2 aromatic rings. The SMILES string of the molecule is CC[C@H](C)NC(=O)[C@H](CC)N(Cc1ccc(Cl)cc1)C(=O)CCCN(c1cc(Cl)ccc1Cl)S(C)(=O)=O. The van der Waals surface area contributed by atoms with Gasteiger partial charge in [0.15, 0.2) is 0 Å². The normalized spacial score (nSPS) is 13.1. The van der Waals surface area contributed by atoms with Gasteiger partial charge in [-0.1, -0.05) is 60.8 Å². The van der Waals surface area contributed by atoms with Gasteiger partial charge in [-0.2, -0.15) is 0 Å². The van der Waals surface area contributed by atoms with E-state index in [1.54, 1.807) is 23.1 Å². The molecule has 0 saturated heterocycles. The molecule has 0 aliphatic heterocycles. The Morgan fingerprint density at radius 1 is 0.973 bits per heavy atom. The van der Waals surface area contributed by atoms with Gasteiger partial charge < -0.3 is 10.2 Å². The summed E-state index contributed by atoms with van der Waals surface area (Å²) in [5.74, 6) is -0.477. The maximum absolute atomic E-state index is 13.5. The minimum atomic E-state index is -3.69. The van der Waals surface area contributed by atoms with Crippen LogP contribution in [-0.4, -0.2) is 50.0 Å². The molecular formula is C26H34Cl3N3O4S. The fraction of sp³-hybridized carbons (Fsp3) is 0.462. The Labute approximate surface area is 235 Å². The lowest BCUT2D eigenvalue weighted by Gasteiger charge is -2.32. The lowest BCUT2D eigenvalue weighted by atomic mass is 10.1. The van der Waals surface area contributed by atoms with Crippen molar-refractivity contribution >= 4 is 62.3 Å². The maximum atomic E-state index is 13.5. The first-order valence-electron chi connectivity index (χ1n) is 12.1. The minimum absolute atomic E-state index is 0.0231. The van der Waals surface area contributed by atoms with Gasteiger partial charge in [-0.3, -0.25) is 13.9 Å². The highest BCUT2D eigenvalue weighted by Gasteiger charge is 2.29. The average Bonchev–Trinajstić information content (AvgIpc) is 2.83. The van der Waals surface area contributed by atoms with Crippen molar-refractivity contribution in [3.63, 3.8) is 0 Å². The van der Waals surface area contributed by atoms with E-state index in [0.29, 0.717) is 16.5 Å². The van der Waals surface area contributed by atoms with Crippen LogP contribution < -0.4 is 9.62 Å². The van der Waals surface area contributed by atoms with Crippen LogP contribution in [0.3, 0.4) is 0 Å². The zero-order chi connectivity index (χ0) is 27.8. The molecule has 0 heterocycles. The summed E-state index contributed by atoms with van der Waals surface area (Å²) >= 11 is 18.3. The Bertz CT molecular complexity index is 1180. The standard InChI is InChI=1S/C26H34Cl3N3O4S/c1-5-18(3)30-26(34)23(6-2)31(17-19-9-11-20(27)12-10-19)25(33)8-7-15-32(37(4,35)36)24-16-21(28)13-14-22(24)29/h9-14,16,18,23H,5-8,15,17H2,1-4H3,(H,30,34)/t18-,23-/m0/s1. The van der Waals surface area contributed by atoms with E-state index in [1.807, 2.05) is 32.9 Å². The molecule has 11 heteroatoms.